The maximum atomic E-state index is 13.6. The Hall–Kier alpha value is -2.51. The molecule has 1 aliphatic carbocycles. The molecule has 0 unspecified atom stereocenters. The lowest BCUT2D eigenvalue weighted by Gasteiger charge is -2.33. The minimum absolute atomic E-state index is 0.0224. The number of anilines is 2. The van der Waals surface area contributed by atoms with Gasteiger partial charge in [-0.25, -0.2) is 4.68 Å². The Balaban J connectivity index is 1.63. The van der Waals surface area contributed by atoms with Crippen LogP contribution in [-0.2, 0) is 0 Å². The van der Waals surface area contributed by atoms with Gasteiger partial charge in [0.2, 0.25) is 0 Å². The molecule has 1 saturated carbocycles. The molecular weight excluding hydrogens is 357 g/mol. The van der Waals surface area contributed by atoms with E-state index in [1.807, 2.05) is 32.0 Å². The maximum absolute atomic E-state index is 13.6. The minimum atomic E-state index is -4.41. The van der Waals surface area contributed by atoms with Gasteiger partial charge in [0.15, 0.2) is 11.7 Å². The van der Waals surface area contributed by atoms with Gasteiger partial charge in [0.1, 0.15) is 5.82 Å². The Morgan fingerprint density at radius 3 is 2.52 bits per heavy atom. The van der Waals surface area contributed by atoms with Crippen LogP contribution in [0.15, 0.2) is 24.3 Å². The van der Waals surface area contributed by atoms with Crippen molar-refractivity contribution in [2.75, 3.05) is 10.6 Å². The van der Waals surface area contributed by atoms with Crippen LogP contribution in [0.5, 0.6) is 0 Å². The van der Waals surface area contributed by atoms with E-state index in [2.05, 4.69) is 15.7 Å². The van der Waals surface area contributed by atoms with E-state index in [1.165, 1.54) is 6.07 Å². The maximum Gasteiger partial charge on any atom is 0.410 e. The lowest BCUT2D eigenvalue weighted by molar-refractivity contribution is -0.174. The first-order valence-electron chi connectivity index (χ1n) is 9.04. The Morgan fingerprint density at radius 2 is 1.93 bits per heavy atom. The molecule has 27 heavy (non-hydrogen) atoms. The molecule has 0 radical (unpaired) electrons. The van der Waals surface area contributed by atoms with Crippen molar-refractivity contribution in [1.29, 1.82) is 0 Å². The van der Waals surface area contributed by atoms with Crippen molar-refractivity contribution < 1.29 is 18.0 Å². The van der Waals surface area contributed by atoms with Crippen molar-refractivity contribution in [2.45, 2.75) is 51.4 Å². The zero-order chi connectivity index (χ0) is 19.3. The van der Waals surface area contributed by atoms with Gasteiger partial charge in [0.05, 0.1) is 0 Å². The van der Waals surface area contributed by atoms with Gasteiger partial charge in [-0.1, -0.05) is 18.2 Å². The van der Waals surface area contributed by atoms with Crippen LogP contribution in [-0.4, -0.2) is 27.9 Å². The van der Waals surface area contributed by atoms with Gasteiger partial charge in [-0.05, 0) is 50.2 Å². The number of aryl methyl sites for hydroxylation is 2. The van der Waals surface area contributed by atoms with E-state index >= 15 is 0 Å². The van der Waals surface area contributed by atoms with Crippen molar-refractivity contribution in [3.63, 3.8) is 0 Å². The normalized spacial score (nSPS) is 22.1. The molecule has 5 nitrogen and oxygen atoms in total. The lowest BCUT2D eigenvalue weighted by atomic mass is 10.0. The molecular formula is C19H21F3N4O. The number of hydrogen-bond acceptors (Lipinski definition) is 3. The lowest BCUT2D eigenvalue weighted by Crippen LogP contribution is -2.40. The molecule has 1 aromatic carbocycles. The molecule has 1 fully saturated rings. The predicted molar refractivity (Wildman–Crippen MR) is 95.9 cm³/mol. The van der Waals surface area contributed by atoms with Crippen LogP contribution >= 0.6 is 0 Å². The van der Waals surface area contributed by atoms with Crippen LogP contribution in [0.3, 0.4) is 0 Å². The van der Waals surface area contributed by atoms with E-state index in [4.69, 9.17) is 0 Å². The summed E-state index contributed by atoms with van der Waals surface area (Å²) >= 11 is 0. The Labute approximate surface area is 154 Å². The van der Waals surface area contributed by atoms with Crippen LogP contribution in [0, 0.1) is 19.8 Å². The third kappa shape index (κ3) is 3.40. The van der Waals surface area contributed by atoms with E-state index in [0.717, 1.165) is 28.7 Å². The number of alkyl halides is 3. The molecule has 2 atom stereocenters. The summed E-state index contributed by atoms with van der Waals surface area (Å²) in [6.07, 6.45) is -2.58. The number of nitrogens with one attached hydrogen (secondary N) is 2. The molecule has 8 heteroatoms. The Morgan fingerprint density at radius 1 is 1.26 bits per heavy atom. The fourth-order valence-electron chi connectivity index (χ4n) is 3.71. The average Bonchev–Trinajstić information content (AvgIpc) is 3.35. The van der Waals surface area contributed by atoms with Crippen molar-refractivity contribution >= 4 is 17.4 Å². The monoisotopic (exact) mass is 378 g/mol. The summed E-state index contributed by atoms with van der Waals surface area (Å²) in [4.78, 5) is 12.6. The zero-order valence-corrected chi connectivity index (χ0v) is 15.1. The van der Waals surface area contributed by atoms with Crippen molar-refractivity contribution in [3.05, 3.63) is 41.1 Å². The first-order valence-corrected chi connectivity index (χ1v) is 9.04. The molecule has 2 N–H and O–H groups in total. The van der Waals surface area contributed by atoms with Gasteiger partial charge < -0.3 is 10.6 Å². The van der Waals surface area contributed by atoms with E-state index in [9.17, 15) is 18.0 Å². The summed E-state index contributed by atoms with van der Waals surface area (Å²) in [5, 5.41) is 9.91. The number of nitrogens with zero attached hydrogens (tertiary/aromatic N) is 2. The summed E-state index contributed by atoms with van der Waals surface area (Å²) in [6.45, 7) is 3.73. The number of carbonyl (C=O) groups is 1. The SMILES string of the molecule is Cc1cccc(C)c1NC(=O)c1cc2n(n1)[C@H](C(F)(F)F)C[C@@H](C1CC1)N2. The van der Waals surface area contributed by atoms with E-state index < -0.39 is 18.1 Å². The molecule has 2 heterocycles. The highest BCUT2D eigenvalue weighted by molar-refractivity contribution is 6.04. The van der Waals surface area contributed by atoms with E-state index in [-0.39, 0.29) is 29.9 Å². The molecule has 2 aromatic rings. The van der Waals surface area contributed by atoms with Crippen LogP contribution in [0.1, 0.15) is 46.9 Å². The topological polar surface area (TPSA) is 59.0 Å². The number of fused-ring (bicyclic) bond motifs is 1. The van der Waals surface area contributed by atoms with Gasteiger partial charge >= 0.3 is 6.18 Å². The van der Waals surface area contributed by atoms with Gasteiger partial charge in [0.25, 0.3) is 5.91 Å². The van der Waals surface area contributed by atoms with Gasteiger partial charge in [-0.15, -0.1) is 0 Å². The number of aromatic nitrogens is 2. The van der Waals surface area contributed by atoms with Crippen LogP contribution in [0.25, 0.3) is 0 Å². The molecule has 0 saturated heterocycles. The highest BCUT2D eigenvalue weighted by Crippen LogP contribution is 2.45. The van der Waals surface area contributed by atoms with Gasteiger partial charge in [-0.2, -0.15) is 18.3 Å². The third-order valence-electron chi connectivity index (χ3n) is 5.36. The van der Waals surface area contributed by atoms with Crippen molar-refractivity contribution in [2.24, 2.45) is 5.92 Å². The molecule has 1 amide bonds. The molecule has 2 aliphatic rings. The number of hydrogen-bond donors (Lipinski definition) is 2. The quantitative estimate of drug-likeness (QED) is 0.830. The van der Waals surface area contributed by atoms with Gasteiger partial charge in [0, 0.05) is 17.8 Å². The zero-order valence-electron chi connectivity index (χ0n) is 15.1. The first-order chi connectivity index (χ1) is 12.7. The smallest absolute Gasteiger partial charge is 0.367 e. The van der Waals surface area contributed by atoms with Crippen molar-refractivity contribution in [1.82, 2.24) is 9.78 Å². The van der Waals surface area contributed by atoms with E-state index in [1.54, 1.807) is 0 Å². The second-order valence-electron chi connectivity index (χ2n) is 7.46. The molecule has 0 bridgehead atoms. The minimum Gasteiger partial charge on any atom is -0.367 e. The highest BCUT2D eigenvalue weighted by Gasteiger charge is 2.49. The molecule has 144 valence electrons. The second-order valence-corrected chi connectivity index (χ2v) is 7.46. The number of carbonyl (C=O) groups excluding carboxylic acids is 1. The Kier molecular flexibility index (Phi) is 4.16. The standard InChI is InChI=1S/C19H21F3N4O/c1-10-4-3-5-11(2)17(10)24-18(27)14-9-16-23-13(12-6-7-12)8-15(19(20,21)22)26(16)25-14/h3-5,9,12-13,15,23H,6-8H2,1-2H3,(H,24,27)/t13-,15-/m0/s1. The van der Waals surface area contributed by atoms with Crippen LogP contribution in [0.2, 0.25) is 0 Å². The number of halogens is 3. The van der Waals surface area contributed by atoms with E-state index in [0.29, 0.717) is 5.69 Å². The molecule has 1 aromatic heterocycles. The third-order valence-corrected chi connectivity index (χ3v) is 5.36. The number of amides is 1. The summed E-state index contributed by atoms with van der Waals surface area (Å²) in [5.41, 5.74) is 2.40. The fourth-order valence-corrected chi connectivity index (χ4v) is 3.71. The summed E-state index contributed by atoms with van der Waals surface area (Å²) < 4.78 is 41.6. The summed E-state index contributed by atoms with van der Waals surface area (Å²) in [5.74, 6) is 0.0116. The van der Waals surface area contributed by atoms with Crippen molar-refractivity contribution in [3.8, 4) is 0 Å². The largest absolute Gasteiger partial charge is 0.410 e. The highest BCUT2D eigenvalue weighted by atomic mass is 19.4. The Bertz CT molecular complexity index is 865. The summed E-state index contributed by atoms with van der Waals surface area (Å²) in [6, 6.07) is 5.09. The molecule has 0 spiro atoms. The average molecular weight is 378 g/mol. The second kappa shape index (κ2) is 6.28. The predicted octanol–water partition coefficient (Wildman–Crippen LogP) is 4.45. The number of para-hydroxylation sites is 1. The fraction of sp³-hybridized carbons (Fsp3) is 0.474. The number of rotatable bonds is 3. The van der Waals surface area contributed by atoms with Crippen LogP contribution < -0.4 is 10.6 Å². The molecule has 1 aliphatic heterocycles. The molecule has 4 rings (SSSR count). The number of benzene rings is 1. The van der Waals surface area contributed by atoms with Crippen LogP contribution in [0.4, 0.5) is 24.7 Å². The van der Waals surface area contributed by atoms with Gasteiger partial charge in [-0.3, -0.25) is 4.79 Å². The summed E-state index contributed by atoms with van der Waals surface area (Å²) in [7, 11) is 0. The first kappa shape index (κ1) is 17.9.